The van der Waals surface area contributed by atoms with Crippen molar-refractivity contribution in [3.63, 3.8) is 0 Å². The summed E-state index contributed by atoms with van der Waals surface area (Å²) in [6.45, 7) is 2.47. The third-order valence-electron chi connectivity index (χ3n) is 6.99. The summed E-state index contributed by atoms with van der Waals surface area (Å²) in [4.78, 5) is 29.1. The van der Waals surface area contributed by atoms with Gasteiger partial charge in [-0.1, -0.05) is 18.2 Å². The number of amides is 1. The first-order chi connectivity index (χ1) is 16.9. The standard InChI is InChI=1S/C27H28ClNO6/c1-3-34-22-12-16(6-10-20(22)30)24-23-25(31)19-13-17(28)7-11-21(19)35-26(23)27(32)29(24)14-15-4-8-18(33-2)9-5-15/h4-6,8-10,12,17,19,21,24,30H,3,7,11,13-14H2,1-2H3. The summed E-state index contributed by atoms with van der Waals surface area (Å²) in [5.74, 6) is 0.387. The molecular weight excluding hydrogens is 470 g/mol. The minimum absolute atomic E-state index is 0.000576. The third kappa shape index (κ3) is 4.22. The van der Waals surface area contributed by atoms with Crippen molar-refractivity contribution in [3.8, 4) is 17.2 Å². The number of ether oxygens (including phenoxy) is 3. The van der Waals surface area contributed by atoms with Crippen LogP contribution in [0.25, 0.3) is 0 Å². The molecule has 7 nitrogen and oxygen atoms in total. The van der Waals surface area contributed by atoms with Gasteiger partial charge in [-0.3, -0.25) is 9.59 Å². The highest BCUT2D eigenvalue weighted by Gasteiger charge is 2.52. The normalized spacial score (nSPS) is 25.7. The number of benzene rings is 2. The van der Waals surface area contributed by atoms with Crippen LogP contribution in [0.3, 0.4) is 0 Å². The van der Waals surface area contributed by atoms with E-state index in [9.17, 15) is 14.7 Å². The zero-order chi connectivity index (χ0) is 24.7. The van der Waals surface area contributed by atoms with E-state index < -0.39 is 6.04 Å². The number of hydrogen-bond donors (Lipinski definition) is 1. The number of rotatable bonds is 6. The first-order valence-electron chi connectivity index (χ1n) is 11.9. The summed E-state index contributed by atoms with van der Waals surface area (Å²) < 4.78 is 17.1. The fourth-order valence-electron chi connectivity index (χ4n) is 5.27. The average Bonchev–Trinajstić information content (AvgIpc) is 3.13. The number of aromatic hydroxyl groups is 1. The Bertz CT molecular complexity index is 1180. The zero-order valence-corrected chi connectivity index (χ0v) is 20.5. The number of phenols is 1. The number of nitrogens with zero attached hydrogens (tertiary/aromatic N) is 1. The fraction of sp³-hybridized carbons (Fsp3) is 0.407. The first kappa shape index (κ1) is 23.5. The summed E-state index contributed by atoms with van der Waals surface area (Å²) in [5, 5.41) is 10.2. The molecule has 3 aliphatic rings. The van der Waals surface area contributed by atoms with Crippen molar-refractivity contribution in [3.05, 3.63) is 64.9 Å². The molecule has 1 saturated carbocycles. The van der Waals surface area contributed by atoms with Crippen LogP contribution in [0.5, 0.6) is 17.2 Å². The van der Waals surface area contributed by atoms with Gasteiger partial charge in [0.2, 0.25) is 0 Å². The maximum absolute atomic E-state index is 13.8. The average molecular weight is 498 g/mol. The molecule has 0 aromatic heterocycles. The molecule has 1 amide bonds. The Kier molecular flexibility index (Phi) is 6.36. The molecule has 0 radical (unpaired) electrons. The van der Waals surface area contributed by atoms with E-state index in [1.54, 1.807) is 24.1 Å². The van der Waals surface area contributed by atoms with Crippen molar-refractivity contribution in [2.45, 2.75) is 50.3 Å². The van der Waals surface area contributed by atoms with E-state index in [1.165, 1.54) is 6.07 Å². The number of carbonyl (C=O) groups is 2. The Hall–Kier alpha value is -3.19. The number of methoxy groups -OCH3 is 1. The molecule has 2 aromatic rings. The predicted octanol–water partition coefficient (Wildman–Crippen LogP) is 4.51. The van der Waals surface area contributed by atoms with Crippen molar-refractivity contribution >= 4 is 23.3 Å². The fourth-order valence-corrected chi connectivity index (χ4v) is 5.59. The van der Waals surface area contributed by atoms with E-state index in [0.29, 0.717) is 42.1 Å². The Morgan fingerprint density at radius 3 is 2.63 bits per heavy atom. The van der Waals surface area contributed by atoms with Gasteiger partial charge in [-0.05, 0) is 61.6 Å². The summed E-state index contributed by atoms with van der Waals surface area (Å²) in [6, 6.07) is 11.7. The van der Waals surface area contributed by atoms with Crippen molar-refractivity contribution in [1.82, 2.24) is 4.90 Å². The molecule has 4 unspecified atom stereocenters. The maximum Gasteiger partial charge on any atom is 0.290 e. The molecule has 1 aliphatic carbocycles. The lowest BCUT2D eigenvalue weighted by Crippen LogP contribution is -2.41. The van der Waals surface area contributed by atoms with Gasteiger partial charge >= 0.3 is 0 Å². The quantitative estimate of drug-likeness (QED) is 0.591. The highest BCUT2D eigenvalue weighted by atomic mass is 35.5. The second-order valence-corrected chi connectivity index (χ2v) is 9.74. The molecule has 8 heteroatoms. The van der Waals surface area contributed by atoms with Gasteiger partial charge in [0.05, 0.1) is 31.2 Å². The lowest BCUT2D eigenvalue weighted by atomic mass is 9.77. The number of Topliss-reactive ketones (excluding diaryl/α,β-unsaturated/α-hetero) is 1. The molecule has 2 aromatic carbocycles. The minimum Gasteiger partial charge on any atom is -0.504 e. The van der Waals surface area contributed by atoms with E-state index in [2.05, 4.69) is 0 Å². The van der Waals surface area contributed by atoms with E-state index in [4.69, 9.17) is 25.8 Å². The van der Waals surface area contributed by atoms with Gasteiger partial charge in [0.25, 0.3) is 5.91 Å². The lowest BCUT2D eigenvalue weighted by molar-refractivity contribution is -0.135. The SMILES string of the molecule is CCOc1cc(C2C3=C(OC4CCC(Cl)CC4C3=O)C(=O)N2Cc2ccc(OC)cc2)ccc1O. The zero-order valence-electron chi connectivity index (χ0n) is 19.7. The Labute approximate surface area is 209 Å². The lowest BCUT2D eigenvalue weighted by Gasteiger charge is -2.37. The van der Waals surface area contributed by atoms with Gasteiger partial charge in [0.1, 0.15) is 11.9 Å². The van der Waals surface area contributed by atoms with Crippen LogP contribution >= 0.6 is 11.6 Å². The Balaban J connectivity index is 1.57. The smallest absolute Gasteiger partial charge is 0.290 e. The van der Waals surface area contributed by atoms with Crippen molar-refractivity contribution in [2.75, 3.05) is 13.7 Å². The van der Waals surface area contributed by atoms with Crippen LogP contribution in [0.1, 0.15) is 43.4 Å². The molecule has 4 atom stereocenters. The molecule has 2 heterocycles. The minimum atomic E-state index is -0.663. The maximum atomic E-state index is 13.8. The van der Waals surface area contributed by atoms with Gasteiger partial charge in [-0.15, -0.1) is 11.6 Å². The van der Waals surface area contributed by atoms with Crippen LogP contribution in [0.4, 0.5) is 0 Å². The van der Waals surface area contributed by atoms with Crippen LogP contribution in [-0.4, -0.2) is 46.9 Å². The third-order valence-corrected chi connectivity index (χ3v) is 7.39. The first-order valence-corrected chi connectivity index (χ1v) is 12.3. The monoisotopic (exact) mass is 497 g/mol. The van der Waals surface area contributed by atoms with Crippen LogP contribution in [0, 0.1) is 5.92 Å². The molecule has 184 valence electrons. The summed E-state index contributed by atoms with van der Waals surface area (Å²) >= 11 is 6.40. The Morgan fingerprint density at radius 1 is 1.14 bits per heavy atom. The topological polar surface area (TPSA) is 85.3 Å². The Morgan fingerprint density at radius 2 is 1.91 bits per heavy atom. The molecule has 5 rings (SSSR count). The number of fused-ring (bicyclic) bond motifs is 1. The molecule has 0 spiro atoms. The van der Waals surface area contributed by atoms with E-state index in [1.807, 2.05) is 31.2 Å². The number of halogens is 1. The van der Waals surface area contributed by atoms with Crippen molar-refractivity contribution in [1.29, 1.82) is 0 Å². The second kappa shape index (κ2) is 9.46. The van der Waals surface area contributed by atoms with Crippen LogP contribution in [-0.2, 0) is 20.9 Å². The van der Waals surface area contributed by atoms with Gasteiger partial charge in [-0.2, -0.15) is 0 Å². The largest absolute Gasteiger partial charge is 0.504 e. The second-order valence-electron chi connectivity index (χ2n) is 9.12. The van der Waals surface area contributed by atoms with Crippen LogP contribution in [0.2, 0.25) is 0 Å². The molecular formula is C27H28ClNO6. The summed E-state index contributed by atoms with van der Waals surface area (Å²) in [6.07, 6.45) is 1.59. The predicted molar refractivity (Wildman–Crippen MR) is 129 cm³/mol. The highest BCUT2D eigenvalue weighted by Crippen LogP contribution is 2.48. The molecule has 1 fully saturated rings. The van der Waals surface area contributed by atoms with Crippen molar-refractivity contribution < 1.29 is 28.9 Å². The number of hydrogen-bond acceptors (Lipinski definition) is 6. The van der Waals surface area contributed by atoms with Gasteiger partial charge in [-0.25, -0.2) is 0 Å². The van der Waals surface area contributed by atoms with Gasteiger partial charge < -0.3 is 24.2 Å². The highest BCUT2D eigenvalue weighted by molar-refractivity contribution is 6.21. The van der Waals surface area contributed by atoms with Gasteiger partial charge in [0.15, 0.2) is 23.0 Å². The molecule has 0 saturated heterocycles. The van der Waals surface area contributed by atoms with E-state index >= 15 is 0 Å². The van der Waals surface area contributed by atoms with Gasteiger partial charge in [0, 0.05) is 11.9 Å². The number of ketones is 1. The molecule has 2 aliphatic heterocycles. The summed E-state index contributed by atoms with van der Waals surface area (Å²) in [5.41, 5.74) is 1.92. The van der Waals surface area contributed by atoms with Crippen LogP contribution in [0.15, 0.2) is 53.8 Å². The molecule has 0 bridgehead atoms. The molecule has 1 N–H and O–H groups in total. The number of alkyl halides is 1. The number of carbonyl (C=O) groups excluding carboxylic acids is 2. The number of phenolic OH excluding ortho intramolecular Hbond substituents is 1. The van der Waals surface area contributed by atoms with Crippen LogP contribution < -0.4 is 9.47 Å². The van der Waals surface area contributed by atoms with E-state index in [-0.39, 0.29) is 47.1 Å². The summed E-state index contributed by atoms with van der Waals surface area (Å²) in [7, 11) is 1.60. The van der Waals surface area contributed by atoms with E-state index in [0.717, 1.165) is 12.0 Å². The molecule has 35 heavy (non-hydrogen) atoms. The van der Waals surface area contributed by atoms with Crippen molar-refractivity contribution in [2.24, 2.45) is 5.92 Å².